The third-order valence-electron chi connectivity index (χ3n) is 3.78. The van der Waals surface area contributed by atoms with Crippen LogP contribution in [-0.4, -0.2) is 22.1 Å². The Bertz CT molecular complexity index is 607. The van der Waals surface area contributed by atoms with Gasteiger partial charge in [0.05, 0.1) is 0 Å². The first-order chi connectivity index (χ1) is 9.25. The lowest BCUT2D eigenvalue weighted by molar-refractivity contribution is -0.140. The van der Waals surface area contributed by atoms with Crippen molar-refractivity contribution in [3.63, 3.8) is 0 Å². The van der Waals surface area contributed by atoms with Crippen molar-refractivity contribution in [1.82, 2.24) is 10.3 Å². The van der Waals surface area contributed by atoms with Crippen molar-refractivity contribution in [2.45, 2.75) is 31.3 Å². The molecule has 1 aromatic heterocycles. The van der Waals surface area contributed by atoms with Crippen molar-refractivity contribution in [2.24, 2.45) is 0 Å². The number of nitrogens with zero attached hydrogens (tertiary/aromatic N) is 1. The van der Waals surface area contributed by atoms with Crippen molar-refractivity contribution in [1.29, 1.82) is 0 Å². The van der Waals surface area contributed by atoms with E-state index in [-0.39, 0.29) is 6.04 Å². The molecule has 2 N–H and O–H groups in total. The Kier molecular flexibility index (Phi) is 3.17. The quantitative estimate of drug-likeness (QED) is 0.866. The molecular weight excluding hydrogens is 240 g/mol. The molecule has 0 radical (unpaired) electrons. The second-order valence-corrected chi connectivity index (χ2v) is 4.99. The molecule has 1 aliphatic rings. The zero-order chi connectivity index (χ0) is 13.2. The van der Waals surface area contributed by atoms with Gasteiger partial charge in [-0.05, 0) is 36.3 Å². The highest BCUT2D eigenvalue weighted by molar-refractivity contribution is 5.85. The minimum Gasteiger partial charge on any atom is -0.480 e. The van der Waals surface area contributed by atoms with Gasteiger partial charge in [-0.3, -0.25) is 15.1 Å². The van der Waals surface area contributed by atoms with E-state index in [4.69, 9.17) is 5.11 Å². The first-order valence-corrected chi connectivity index (χ1v) is 6.57. The summed E-state index contributed by atoms with van der Waals surface area (Å²) >= 11 is 0. The van der Waals surface area contributed by atoms with E-state index in [1.165, 1.54) is 5.56 Å². The number of carboxylic acids is 1. The molecule has 2 aromatic rings. The molecule has 0 saturated carbocycles. The van der Waals surface area contributed by atoms with E-state index in [1.807, 2.05) is 24.4 Å². The maximum Gasteiger partial charge on any atom is 0.320 e. The van der Waals surface area contributed by atoms with Crippen molar-refractivity contribution in [3.8, 4) is 0 Å². The van der Waals surface area contributed by atoms with Gasteiger partial charge >= 0.3 is 5.97 Å². The second-order valence-electron chi connectivity index (χ2n) is 4.99. The van der Waals surface area contributed by atoms with Gasteiger partial charge in [0.1, 0.15) is 6.04 Å². The highest BCUT2D eigenvalue weighted by atomic mass is 16.4. The van der Waals surface area contributed by atoms with Gasteiger partial charge in [-0.2, -0.15) is 0 Å². The number of pyridine rings is 1. The fourth-order valence-electron chi connectivity index (χ4n) is 2.83. The molecule has 4 heteroatoms. The predicted octanol–water partition coefficient (Wildman–Crippen LogP) is 2.50. The van der Waals surface area contributed by atoms with Crippen molar-refractivity contribution >= 4 is 16.7 Å². The van der Waals surface area contributed by atoms with Gasteiger partial charge in [-0.15, -0.1) is 0 Å². The largest absolute Gasteiger partial charge is 0.480 e. The molecule has 2 atom stereocenters. The van der Waals surface area contributed by atoms with Crippen LogP contribution < -0.4 is 5.32 Å². The van der Waals surface area contributed by atoms with Crippen molar-refractivity contribution in [3.05, 3.63) is 42.2 Å². The highest BCUT2D eigenvalue weighted by Crippen LogP contribution is 2.30. The predicted molar refractivity (Wildman–Crippen MR) is 72.9 cm³/mol. The number of aliphatic carboxylic acids is 1. The van der Waals surface area contributed by atoms with E-state index in [0.717, 1.165) is 23.6 Å². The van der Waals surface area contributed by atoms with Crippen molar-refractivity contribution < 1.29 is 9.90 Å². The lowest BCUT2D eigenvalue weighted by Gasteiger charge is -2.29. The molecule has 1 aliphatic heterocycles. The maximum absolute atomic E-state index is 11.1. The maximum atomic E-state index is 11.1. The second kappa shape index (κ2) is 4.97. The van der Waals surface area contributed by atoms with Gasteiger partial charge < -0.3 is 5.11 Å². The summed E-state index contributed by atoms with van der Waals surface area (Å²) in [6.45, 7) is 0. The molecule has 1 fully saturated rings. The Labute approximate surface area is 111 Å². The van der Waals surface area contributed by atoms with Gasteiger partial charge in [-0.25, -0.2) is 0 Å². The number of hydrogen-bond acceptors (Lipinski definition) is 3. The zero-order valence-corrected chi connectivity index (χ0v) is 10.5. The van der Waals surface area contributed by atoms with Crippen LogP contribution in [-0.2, 0) is 4.79 Å². The molecule has 1 aromatic carbocycles. The van der Waals surface area contributed by atoms with Gasteiger partial charge in [0, 0.05) is 23.8 Å². The Morgan fingerprint density at radius 1 is 1.32 bits per heavy atom. The molecule has 2 unspecified atom stereocenters. The van der Waals surface area contributed by atoms with E-state index in [9.17, 15) is 4.79 Å². The van der Waals surface area contributed by atoms with Crippen LogP contribution >= 0.6 is 0 Å². The van der Waals surface area contributed by atoms with Gasteiger partial charge in [-0.1, -0.05) is 18.2 Å². The molecular formula is C15H16N2O2. The number of nitrogens with one attached hydrogen (secondary N) is 1. The van der Waals surface area contributed by atoms with E-state index in [0.29, 0.717) is 6.42 Å². The van der Waals surface area contributed by atoms with E-state index in [2.05, 4.69) is 16.4 Å². The van der Waals surface area contributed by atoms with Crippen LogP contribution in [0.2, 0.25) is 0 Å². The Morgan fingerprint density at radius 3 is 3.05 bits per heavy atom. The Balaban J connectivity index is 1.97. The average molecular weight is 256 g/mol. The number of fused-ring (bicyclic) bond motifs is 1. The van der Waals surface area contributed by atoms with Crippen LogP contribution in [0.25, 0.3) is 10.8 Å². The summed E-state index contributed by atoms with van der Waals surface area (Å²) in [6.07, 6.45) is 6.25. The standard InChI is InChI=1S/C15H16N2O2/c18-15(19)14-6-2-5-13(17-14)12-4-1-3-10-9-16-8-7-11(10)12/h1,3-4,7-9,13-14,17H,2,5-6H2,(H,18,19). The summed E-state index contributed by atoms with van der Waals surface area (Å²) in [7, 11) is 0. The first kappa shape index (κ1) is 12.1. The summed E-state index contributed by atoms with van der Waals surface area (Å²) in [4.78, 5) is 15.3. The fourth-order valence-corrected chi connectivity index (χ4v) is 2.83. The van der Waals surface area contributed by atoms with Crippen LogP contribution in [0.1, 0.15) is 30.9 Å². The zero-order valence-electron chi connectivity index (χ0n) is 10.5. The number of aromatic nitrogens is 1. The first-order valence-electron chi connectivity index (χ1n) is 6.57. The molecule has 1 saturated heterocycles. The third kappa shape index (κ3) is 2.31. The smallest absolute Gasteiger partial charge is 0.320 e. The normalized spacial score (nSPS) is 23.4. The molecule has 4 nitrogen and oxygen atoms in total. The number of piperidine rings is 1. The van der Waals surface area contributed by atoms with Crippen molar-refractivity contribution in [2.75, 3.05) is 0 Å². The highest BCUT2D eigenvalue weighted by Gasteiger charge is 2.27. The topological polar surface area (TPSA) is 62.2 Å². The number of carboxylic acid groups (broad SMARTS) is 1. The van der Waals surface area contributed by atoms with Crippen LogP contribution in [0.15, 0.2) is 36.7 Å². The number of benzene rings is 1. The average Bonchev–Trinajstić information content (AvgIpc) is 2.47. The molecule has 98 valence electrons. The van der Waals surface area contributed by atoms with E-state index >= 15 is 0 Å². The van der Waals surface area contributed by atoms with Gasteiger partial charge in [0.25, 0.3) is 0 Å². The lowest BCUT2D eigenvalue weighted by atomic mass is 9.91. The van der Waals surface area contributed by atoms with E-state index in [1.54, 1.807) is 6.20 Å². The Hall–Kier alpha value is -1.94. The summed E-state index contributed by atoms with van der Waals surface area (Å²) in [5.41, 5.74) is 1.17. The summed E-state index contributed by atoms with van der Waals surface area (Å²) in [5.74, 6) is -0.758. The molecule has 0 amide bonds. The minimum atomic E-state index is -0.758. The van der Waals surface area contributed by atoms with Crippen LogP contribution in [0, 0.1) is 0 Å². The molecule has 3 rings (SSSR count). The van der Waals surface area contributed by atoms with Gasteiger partial charge in [0.2, 0.25) is 0 Å². The lowest BCUT2D eigenvalue weighted by Crippen LogP contribution is -2.42. The molecule has 0 spiro atoms. The van der Waals surface area contributed by atoms with Crippen LogP contribution in [0.5, 0.6) is 0 Å². The minimum absolute atomic E-state index is 0.112. The summed E-state index contributed by atoms with van der Waals surface area (Å²) < 4.78 is 0. The number of carbonyl (C=O) groups is 1. The summed E-state index contributed by atoms with van der Waals surface area (Å²) in [5, 5.41) is 14.6. The number of hydrogen-bond donors (Lipinski definition) is 2. The van der Waals surface area contributed by atoms with Crippen LogP contribution in [0.4, 0.5) is 0 Å². The number of rotatable bonds is 2. The molecule has 0 aliphatic carbocycles. The van der Waals surface area contributed by atoms with Gasteiger partial charge in [0.15, 0.2) is 0 Å². The SMILES string of the molecule is O=C(O)C1CCCC(c2cccc3cnccc23)N1. The van der Waals surface area contributed by atoms with E-state index < -0.39 is 12.0 Å². The Morgan fingerprint density at radius 2 is 2.21 bits per heavy atom. The monoisotopic (exact) mass is 256 g/mol. The fraction of sp³-hybridized carbons (Fsp3) is 0.333. The molecule has 2 heterocycles. The molecule has 0 bridgehead atoms. The van der Waals surface area contributed by atoms with Crippen LogP contribution in [0.3, 0.4) is 0 Å². The third-order valence-corrected chi connectivity index (χ3v) is 3.78. The summed E-state index contributed by atoms with van der Waals surface area (Å²) in [6, 6.07) is 7.78. The molecule has 19 heavy (non-hydrogen) atoms.